The number of urea groups is 1. The van der Waals surface area contributed by atoms with E-state index in [1.165, 1.54) is 11.3 Å². The predicted molar refractivity (Wildman–Crippen MR) is 120 cm³/mol. The molecule has 0 saturated carbocycles. The average molecular weight is 424 g/mol. The van der Waals surface area contributed by atoms with E-state index in [0.29, 0.717) is 24.5 Å². The van der Waals surface area contributed by atoms with Crippen LogP contribution < -0.4 is 15.5 Å². The van der Waals surface area contributed by atoms with Crippen LogP contribution >= 0.6 is 11.3 Å². The molecule has 1 fully saturated rings. The normalized spacial score (nSPS) is 16.1. The van der Waals surface area contributed by atoms with Gasteiger partial charge in [-0.3, -0.25) is 15.6 Å². The van der Waals surface area contributed by atoms with Gasteiger partial charge in [0.05, 0.1) is 5.71 Å². The topological polar surface area (TPSA) is 115 Å². The Morgan fingerprint density at radius 2 is 2.00 bits per heavy atom. The van der Waals surface area contributed by atoms with Gasteiger partial charge < -0.3 is 10.1 Å². The second kappa shape index (κ2) is 9.31. The molecule has 0 spiro atoms. The van der Waals surface area contributed by atoms with E-state index in [0.717, 1.165) is 41.6 Å². The lowest BCUT2D eigenvalue weighted by Gasteiger charge is -2.28. The maximum absolute atomic E-state index is 12.4. The van der Waals surface area contributed by atoms with E-state index >= 15 is 0 Å². The summed E-state index contributed by atoms with van der Waals surface area (Å²) in [5.74, 6) is 1.72. The number of pyridine rings is 1. The molecule has 2 aromatic rings. The Bertz CT molecular complexity index is 1030. The van der Waals surface area contributed by atoms with E-state index in [1.54, 1.807) is 23.9 Å². The Morgan fingerprint density at radius 1 is 1.17 bits per heavy atom. The average Bonchev–Trinajstić information content (AvgIpc) is 3.05. The highest BCUT2D eigenvalue weighted by Crippen LogP contribution is 2.25. The van der Waals surface area contributed by atoms with Crippen LogP contribution in [0.1, 0.15) is 24.3 Å². The second-order valence-electron chi connectivity index (χ2n) is 6.73. The number of rotatable bonds is 4. The minimum Gasteiger partial charge on any atom is -0.411 e. The van der Waals surface area contributed by atoms with Crippen LogP contribution in [0.15, 0.2) is 52.1 Å². The molecule has 30 heavy (non-hydrogen) atoms. The van der Waals surface area contributed by atoms with Gasteiger partial charge in [0.2, 0.25) is 0 Å². The van der Waals surface area contributed by atoms with Gasteiger partial charge in [-0.05, 0) is 30.2 Å². The van der Waals surface area contributed by atoms with Crippen molar-refractivity contribution in [3.8, 4) is 0 Å². The largest absolute Gasteiger partial charge is 0.411 e. The Kier molecular flexibility index (Phi) is 6.14. The van der Waals surface area contributed by atoms with Crippen LogP contribution in [-0.2, 0) is 0 Å². The molecule has 2 amide bonds. The Labute approximate surface area is 177 Å². The van der Waals surface area contributed by atoms with E-state index in [1.807, 2.05) is 24.3 Å². The zero-order valence-electron chi connectivity index (χ0n) is 16.2. The van der Waals surface area contributed by atoms with Gasteiger partial charge in [0.25, 0.3) is 0 Å². The lowest BCUT2D eigenvalue weighted by molar-refractivity contribution is 0.262. The lowest BCUT2D eigenvalue weighted by Crippen LogP contribution is -2.34. The monoisotopic (exact) mass is 423 g/mol. The number of piperidine rings is 1. The fourth-order valence-electron chi connectivity index (χ4n) is 3.16. The maximum Gasteiger partial charge on any atom is 0.326 e. The smallest absolute Gasteiger partial charge is 0.326 e. The highest BCUT2D eigenvalue weighted by Gasteiger charge is 2.17. The molecular weight excluding hydrogens is 402 g/mol. The van der Waals surface area contributed by atoms with Crippen LogP contribution in [0.4, 0.5) is 22.2 Å². The standard InChI is InChI=1S/C20H21N7O2S/c28-20(25-17-13-30-19(23-17)14-3-2-9-21-10-6-14)24-16-4-1-5-18(22-16)27-11-7-15(26-29)8-12-27/h1-2,4-6,9-10,13,29H,3,7-8,11-12H2,(H2,22,24,25,28). The Morgan fingerprint density at radius 3 is 2.83 bits per heavy atom. The van der Waals surface area contributed by atoms with Gasteiger partial charge in [-0.2, -0.15) is 0 Å². The number of aromatic nitrogens is 2. The SMILES string of the molecule is O=C(Nc1cccc(N2CCC(=NO)CC2)n1)Nc1csc(C2=CC=NC=CC2)n1. The second-order valence-corrected chi connectivity index (χ2v) is 7.59. The minimum absolute atomic E-state index is 0.402. The molecule has 9 nitrogen and oxygen atoms in total. The van der Waals surface area contributed by atoms with Gasteiger partial charge in [-0.15, -0.1) is 11.3 Å². The zero-order valence-corrected chi connectivity index (χ0v) is 17.0. The van der Waals surface area contributed by atoms with Crippen LogP contribution in [-0.4, -0.2) is 46.2 Å². The molecule has 0 bridgehead atoms. The number of carbonyl (C=O) groups is 1. The van der Waals surface area contributed by atoms with Crippen molar-refractivity contribution in [2.75, 3.05) is 28.6 Å². The van der Waals surface area contributed by atoms with Gasteiger partial charge in [-0.25, -0.2) is 14.8 Å². The third-order valence-electron chi connectivity index (χ3n) is 4.69. The minimum atomic E-state index is -0.402. The van der Waals surface area contributed by atoms with Crippen molar-refractivity contribution in [2.45, 2.75) is 19.3 Å². The van der Waals surface area contributed by atoms with Crippen molar-refractivity contribution in [1.82, 2.24) is 9.97 Å². The molecule has 2 aliphatic rings. The zero-order chi connectivity index (χ0) is 20.8. The van der Waals surface area contributed by atoms with Gasteiger partial charge in [0.1, 0.15) is 22.5 Å². The summed E-state index contributed by atoms with van der Waals surface area (Å²) < 4.78 is 0. The van der Waals surface area contributed by atoms with E-state index < -0.39 is 6.03 Å². The number of carbonyl (C=O) groups excluding carboxylic acids is 1. The first-order valence-corrected chi connectivity index (χ1v) is 10.4. The summed E-state index contributed by atoms with van der Waals surface area (Å²) in [6.07, 6.45) is 9.52. The fourth-order valence-corrected chi connectivity index (χ4v) is 3.94. The quantitative estimate of drug-likeness (QED) is 0.508. The summed E-state index contributed by atoms with van der Waals surface area (Å²) >= 11 is 1.47. The number of hydrogen-bond donors (Lipinski definition) is 3. The molecule has 4 rings (SSSR count). The van der Waals surface area contributed by atoms with Crippen molar-refractivity contribution < 1.29 is 10.0 Å². The number of hydrogen-bond acceptors (Lipinski definition) is 8. The molecule has 154 valence electrons. The van der Waals surface area contributed by atoms with Gasteiger partial charge in [0, 0.05) is 43.7 Å². The highest BCUT2D eigenvalue weighted by molar-refractivity contribution is 7.11. The van der Waals surface area contributed by atoms with Crippen molar-refractivity contribution in [2.24, 2.45) is 10.1 Å². The van der Waals surface area contributed by atoms with Crippen LogP contribution in [0, 0.1) is 0 Å². The predicted octanol–water partition coefficient (Wildman–Crippen LogP) is 3.98. The molecule has 0 radical (unpaired) electrons. The molecule has 3 N–H and O–H groups in total. The van der Waals surface area contributed by atoms with Gasteiger partial charge in [-0.1, -0.05) is 17.3 Å². The molecule has 2 aliphatic heterocycles. The number of amides is 2. The lowest BCUT2D eigenvalue weighted by atomic mass is 10.1. The summed E-state index contributed by atoms with van der Waals surface area (Å²) in [5, 5.41) is 20.3. The van der Waals surface area contributed by atoms with Crippen molar-refractivity contribution in [3.63, 3.8) is 0 Å². The molecule has 0 aromatic carbocycles. The summed E-state index contributed by atoms with van der Waals surface area (Å²) in [6, 6.07) is 5.08. The highest BCUT2D eigenvalue weighted by atomic mass is 32.1. The summed E-state index contributed by atoms with van der Waals surface area (Å²) in [6.45, 7) is 1.44. The van der Waals surface area contributed by atoms with Crippen LogP contribution in [0.25, 0.3) is 5.57 Å². The summed E-state index contributed by atoms with van der Waals surface area (Å²) in [7, 11) is 0. The van der Waals surface area contributed by atoms with E-state index in [9.17, 15) is 4.79 Å². The first kappa shape index (κ1) is 19.8. The van der Waals surface area contributed by atoms with E-state index in [2.05, 4.69) is 35.6 Å². The molecular formula is C20H21N7O2S. The first-order valence-electron chi connectivity index (χ1n) is 9.54. The van der Waals surface area contributed by atoms with Crippen molar-refractivity contribution in [1.29, 1.82) is 0 Å². The number of allylic oxidation sites excluding steroid dienone is 3. The molecule has 4 heterocycles. The van der Waals surface area contributed by atoms with E-state index in [4.69, 9.17) is 5.21 Å². The molecule has 2 aromatic heterocycles. The number of nitrogens with one attached hydrogen (secondary N) is 2. The molecule has 10 heteroatoms. The van der Waals surface area contributed by atoms with Gasteiger partial charge in [0.15, 0.2) is 0 Å². The number of thiazole rings is 1. The number of aliphatic imine (C=N–C) groups is 1. The Hall–Kier alpha value is -3.53. The van der Waals surface area contributed by atoms with Crippen molar-refractivity contribution in [3.05, 3.63) is 46.9 Å². The number of oxime groups is 1. The molecule has 0 unspecified atom stereocenters. The molecule has 1 saturated heterocycles. The van der Waals surface area contributed by atoms with Crippen molar-refractivity contribution >= 4 is 52.3 Å². The third kappa shape index (κ3) is 4.90. The number of anilines is 3. The third-order valence-corrected chi connectivity index (χ3v) is 5.61. The maximum atomic E-state index is 12.4. The Balaban J connectivity index is 1.36. The van der Waals surface area contributed by atoms with Crippen LogP contribution in [0.2, 0.25) is 0 Å². The van der Waals surface area contributed by atoms with Gasteiger partial charge >= 0.3 is 6.03 Å². The molecule has 0 aliphatic carbocycles. The fraction of sp³-hybridized carbons (Fsp3) is 0.250. The first-order chi connectivity index (χ1) is 14.7. The van der Waals surface area contributed by atoms with Crippen LogP contribution in [0.3, 0.4) is 0 Å². The number of nitrogens with zero attached hydrogens (tertiary/aromatic N) is 5. The summed E-state index contributed by atoms with van der Waals surface area (Å²) in [5.41, 5.74) is 1.85. The van der Waals surface area contributed by atoms with Crippen LogP contribution in [0.5, 0.6) is 0 Å². The summed E-state index contributed by atoms with van der Waals surface area (Å²) in [4.78, 5) is 27.6. The molecule has 0 atom stereocenters. The van der Waals surface area contributed by atoms with E-state index in [-0.39, 0.29) is 0 Å².